The average Bonchev–Trinajstić information content (AvgIpc) is 2.85. The first-order chi connectivity index (χ1) is 10.2. The Balaban J connectivity index is 1.86. The Kier molecular flexibility index (Phi) is 6.21. The van der Waals surface area contributed by atoms with E-state index in [1.54, 1.807) is 0 Å². The fraction of sp³-hybridized carbons (Fsp3) is 0.812. The second-order valence-electron chi connectivity index (χ2n) is 6.08. The van der Waals surface area contributed by atoms with Crippen LogP contribution in [0.1, 0.15) is 38.1 Å². The van der Waals surface area contributed by atoms with E-state index >= 15 is 0 Å². The number of hydrogen-bond donors (Lipinski definition) is 1. The molecule has 1 fully saturated rings. The summed E-state index contributed by atoms with van der Waals surface area (Å²) >= 11 is 0. The van der Waals surface area contributed by atoms with Crippen LogP contribution in [0.25, 0.3) is 0 Å². The molecule has 5 nitrogen and oxygen atoms in total. The third-order valence-electron chi connectivity index (χ3n) is 4.49. The second-order valence-corrected chi connectivity index (χ2v) is 6.08. The van der Waals surface area contributed by atoms with Gasteiger partial charge in [0.05, 0.1) is 11.4 Å². The van der Waals surface area contributed by atoms with Gasteiger partial charge in [-0.25, -0.2) is 0 Å². The van der Waals surface area contributed by atoms with E-state index in [4.69, 9.17) is 5.73 Å². The number of hydrogen-bond acceptors (Lipinski definition) is 4. The summed E-state index contributed by atoms with van der Waals surface area (Å²) in [7, 11) is 0. The summed E-state index contributed by atoms with van der Waals surface area (Å²) in [6, 6.07) is 2.79. The quantitative estimate of drug-likeness (QED) is 0.827. The standard InChI is InChI=1S/C16H31N5/c1-4-6-15(12-17)20-9-7-19(8-10-20)13-16-11-14(3)18-21(16)5-2/h11,15H,4-10,12-13,17H2,1-3H3. The molecule has 1 aliphatic heterocycles. The van der Waals surface area contributed by atoms with Crippen molar-refractivity contribution in [3.8, 4) is 0 Å². The van der Waals surface area contributed by atoms with E-state index in [2.05, 4.69) is 46.4 Å². The van der Waals surface area contributed by atoms with Gasteiger partial charge in [-0.1, -0.05) is 13.3 Å². The molecule has 1 aromatic rings. The molecular weight excluding hydrogens is 262 g/mol. The summed E-state index contributed by atoms with van der Waals surface area (Å²) in [5.74, 6) is 0. The number of nitrogens with two attached hydrogens (primary N) is 1. The molecule has 2 rings (SSSR count). The summed E-state index contributed by atoms with van der Waals surface area (Å²) < 4.78 is 2.13. The Morgan fingerprint density at radius 3 is 2.52 bits per heavy atom. The van der Waals surface area contributed by atoms with Crippen molar-refractivity contribution in [3.63, 3.8) is 0 Å². The molecule has 1 aromatic heterocycles. The predicted molar refractivity (Wildman–Crippen MR) is 87.2 cm³/mol. The largest absolute Gasteiger partial charge is 0.329 e. The van der Waals surface area contributed by atoms with Gasteiger partial charge in [0.15, 0.2) is 0 Å². The van der Waals surface area contributed by atoms with Crippen LogP contribution >= 0.6 is 0 Å². The van der Waals surface area contributed by atoms with Crippen molar-refractivity contribution in [2.75, 3.05) is 32.7 Å². The predicted octanol–water partition coefficient (Wildman–Crippen LogP) is 1.46. The maximum atomic E-state index is 5.92. The number of aromatic nitrogens is 2. The van der Waals surface area contributed by atoms with Crippen molar-refractivity contribution >= 4 is 0 Å². The zero-order valence-electron chi connectivity index (χ0n) is 13.9. The second kappa shape index (κ2) is 7.92. The first-order valence-corrected chi connectivity index (χ1v) is 8.37. The van der Waals surface area contributed by atoms with Crippen LogP contribution in [0.15, 0.2) is 6.07 Å². The van der Waals surface area contributed by atoms with Crippen LogP contribution in [0.4, 0.5) is 0 Å². The molecule has 1 aliphatic rings. The summed E-state index contributed by atoms with van der Waals surface area (Å²) in [5.41, 5.74) is 8.38. The van der Waals surface area contributed by atoms with E-state index in [1.165, 1.54) is 18.5 Å². The lowest BCUT2D eigenvalue weighted by molar-refractivity contribution is 0.0889. The molecule has 0 radical (unpaired) electrons. The van der Waals surface area contributed by atoms with E-state index in [9.17, 15) is 0 Å². The van der Waals surface area contributed by atoms with E-state index in [-0.39, 0.29) is 0 Å². The minimum absolute atomic E-state index is 0.570. The van der Waals surface area contributed by atoms with Gasteiger partial charge in [-0.3, -0.25) is 14.5 Å². The maximum Gasteiger partial charge on any atom is 0.0597 e. The van der Waals surface area contributed by atoms with Gasteiger partial charge in [0.1, 0.15) is 0 Å². The summed E-state index contributed by atoms with van der Waals surface area (Å²) in [5, 5.41) is 4.54. The monoisotopic (exact) mass is 293 g/mol. The first-order valence-electron chi connectivity index (χ1n) is 8.37. The summed E-state index contributed by atoms with van der Waals surface area (Å²) in [6.07, 6.45) is 2.44. The minimum Gasteiger partial charge on any atom is -0.329 e. The highest BCUT2D eigenvalue weighted by atomic mass is 15.3. The maximum absolute atomic E-state index is 5.92. The van der Waals surface area contributed by atoms with Crippen molar-refractivity contribution in [1.82, 2.24) is 19.6 Å². The molecular formula is C16H31N5. The Labute approximate surface area is 129 Å². The third-order valence-corrected chi connectivity index (χ3v) is 4.49. The number of aryl methyl sites for hydroxylation is 2. The minimum atomic E-state index is 0.570. The van der Waals surface area contributed by atoms with Gasteiger partial charge in [-0.2, -0.15) is 5.10 Å². The van der Waals surface area contributed by atoms with Crippen LogP contribution in [0.5, 0.6) is 0 Å². The van der Waals surface area contributed by atoms with E-state index in [1.807, 2.05) is 0 Å². The molecule has 1 saturated heterocycles. The topological polar surface area (TPSA) is 50.3 Å². The molecule has 120 valence electrons. The summed E-state index contributed by atoms with van der Waals surface area (Å²) in [4.78, 5) is 5.11. The molecule has 21 heavy (non-hydrogen) atoms. The van der Waals surface area contributed by atoms with Crippen molar-refractivity contribution in [2.24, 2.45) is 5.73 Å². The highest BCUT2D eigenvalue weighted by molar-refractivity contribution is 5.09. The molecule has 0 saturated carbocycles. The van der Waals surface area contributed by atoms with E-state index in [0.29, 0.717) is 6.04 Å². The Hall–Kier alpha value is -0.910. The van der Waals surface area contributed by atoms with Crippen molar-refractivity contribution < 1.29 is 0 Å². The van der Waals surface area contributed by atoms with Crippen molar-refractivity contribution in [3.05, 3.63) is 17.5 Å². The van der Waals surface area contributed by atoms with Crippen LogP contribution in [0, 0.1) is 6.92 Å². The van der Waals surface area contributed by atoms with Gasteiger partial charge in [0.25, 0.3) is 0 Å². The third kappa shape index (κ3) is 4.28. The van der Waals surface area contributed by atoms with E-state index < -0.39 is 0 Å². The number of rotatable bonds is 7. The zero-order valence-corrected chi connectivity index (χ0v) is 13.9. The fourth-order valence-electron chi connectivity index (χ4n) is 3.30. The number of piperazine rings is 1. The molecule has 2 heterocycles. The van der Waals surface area contributed by atoms with Crippen LogP contribution < -0.4 is 5.73 Å². The lowest BCUT2D eigenvalue weighted by Gasteiger charge is -2.39. The van der Waals surface area contributed by atoms with Crippen LogP contribution in [-0.2, 0) is 13.1 Å². The average molecular weight is 293 g/mol. The van der Waals surface area contributed by atoms with Gasteiger partial charge in [0.2, 0.25) is 0 Å². The normalized spacial score (nSPS) is 19.0. The molecule has 0 aliphatic carbocycles. The summed E-state index contributed by atoms with van der Waals surface area (Å²) in [6.45, 7) is 13.8. The molecule has 0 aromatic carbocycles. The van der Waals surface area contributed by atoms with Crippen LogP contribution in [-0.4, -0.2) is 58.3 Å². The van der Waals surface area contributed by atoms with Crippen LogP contribution in [0.3, 0.4) is 0 Å². The highest BCUT2D eigenvalue weighted by Crippen LogP contribution is 2.13. The van der Waals surface area contributed by atoms with E-state index in [0.717, 1.165) is 51.5 Å². The molecule has 1 atom stereocenters. The van der Waals surface area contributed by atoms with Gasteiger partial charge in [-0.05, 0) is 26.3 Å². The fourth-order valence-corrected chi connectivity index (χ4v) is 3.30. The Morgan fingerprint density at radius 2 is 1.95 bits per heavy atom. The van der Waals surface area contributed by atoms with Gasteiger partial charge in [-0.15, -0.1) is 0 Å². The van der Waals surface area contributed by atoms with Crippen molar-refractivity contribution in [1.29, 1.82) is 0 Å². The SMILES string of the molecule is CCCC(CN)N1CCN(Cc2cc(C)nn2CC)CC1. The smallest absolute Gasteiger partial charge is 0.0597 e. The Morgan fingerprint density at radius 1 is 1.24 bits per heavy atom. The molecule has 2 N–H and O–H groups in total. The molecule has 0 bridgehead atoms. The van der Waals surface area contributed by atoms with Crippen molar-refractivity contribution in [2.45, 2.75) is 52.7 Å². The lowest BCUT2D eigenvalue weighted by Crippen LogP contribution is -2.52. The zero-order chi connectivity index (χ0) is 15.2. The molecule has 1 unspecified atom stereocenters. The molecule has 0 amide bonds. The van der Waals surface area contributed by atoms with Gasteiger partial charge in [0, 0.05) is 51.9 Å². The molecule has 0 spiro atoms. The van der Waals surface area contributed by atoms with Crippen LogP contribution in [0.2, 0.25) is 0 Å². The lowest BCUT2D eigenvalue weighted by atomic mass is 10.1. The Bertz CT molecular complexity index is 420. The highest BCUT2D eigenvalue weighted by Gasteiger charge is 2.23. The number of nitrogens with zero attached hydrogens (tertiary/aromatic N) is 4. The van der Waals surface area contributed by atoms with Gasteiger partial charge >= 0.3 is 0 Å². The van der Waals surface area contributed by atoms with Gasteiger partial charge < -0.3 is 5.73 Å². The molecule has 5 heteroatoms. The first kappa shape index (κ1) is 16.5.